The molecule has 40 heavy (non-hydrogen) atoms. The van der Waals surface area contributed by atoms with Crippen molar-refractivity contribution in [3.05, 3.63) is 97.6 Å². The smallest absolute Gasteiger partial charge is 0.271 e. The van der Waals surface area contributed by atoms with Gasteiger partial charge in [0.05, 0.1) is 22.4 Å². The van der Waals surface area contributed by atoms with Crippen LogP contribution in [-0.4, -0.2) is 33.4 Å². The van der Waals surface area contributed by atoms with E-state index in [0.29, 0.717) is 27.8 Å². The van der Waals surface area contributed by atoms with E-state index < -0.39 is 40.4 Å². The summed E-state index contributed by atoms with van der Waals surface area (Å²) in [4.78, 5) is 66.1. The van der Waals surface area contributed by atoms with Gasteiger partial charge in [0.1, 0.15) is 5.75 Å². The fraction of sp³-hybridized carbons (Fsp3) is 0.290. The van der Waals surface area contributed by atoms with Gasteiger partial charge in [0.2, 0.25) is 11.8 Å². The number of phenols is 1. The Morgan fingerprint density at radius 2 is 1.68 bits per heavy atom. The standard InChI is InChI=1S/C31H26N2O7/c1-14-9-17(10-15(2)28(14)35)25-20-7-8-21-26(22(20)13-23-27(25)24(34)11-16(3)29(23)36)31(38)32(30(21)37)18-5-4-6-19(12-18)33(39)40/h4-7,9-12,21-22,25-26,35H,8,13H2,1-3H3/t21-,22+,25-,26-/m0/s1. The molecule has 9 nitrogen and oxygen atoms in total. The maximum atomic E-state index is 13.9. The number of fused-ring (bicyclic) bond motifs is 3. The zero-order valence-electron chi connectivity index (χ0n) is 22.1. The van der Waals surface area contributed by atoms with Gasteiger partial charge < -0.3 is 5.11 Å². The van der Waals surface area contributed by atoms with Crippen LogP contribution in [0.3, 0.4) is 0 Å². The molecule has 2 aromatic rings. The quantitative estimate of drug-likeness (QED) is 0.199. The van der Waals surface area contributed by atoms with Crippen LogP contribution in [0.2, 0.25) is 0 Å². The summed E-state index contributed by atoms with van der Waals surface area (Å²) in [6.07, 6.45) is 3.68. The number of aromatic hydroxyl groups is 1. The van der Waals surface area contributed by atoms with Gasteiger partial charge in [0.15, 0.2) is 11.6 Å². The van der Waals surface area contributed by atoms with Gasteiger partial charge >= 0.3 is 0 Å². The Labute approximate surface area is 229 Å². The number of nitro groups is 1. The molecule has 2 amide bonds. The number of ketones is 2. The average molecular weight is 539 g/mol. The van der Waals surface area contributed by atoms with Crippen molar-refractivity contribution in [3.63, 3.8) is 0 Å². The van der Waals surface area contributed by atoms with E-state index in [9.17, 15) is 34.4 Å². The van der Waals surface area contributed by atoms with Crippen molar-refractivity contribution in [2.75, 3.05) is 4.90 Å². The highest BCUT2D eigenvalue weighted by Crippen LogP contribution is 2.55. The molecule has 1 saturated heterocycles. The number of benzene rings is 2. The van der Waals surface area contributed by atoms with Gasteiger partial charge in [-0.3, -0.25) is 29.3 Å². The van der Waals surface area contributed by atoms with Crippen LogP contribution in [0.5, 0.6) is 5.75 Å². The number of hydrogen-bond donors (Lipinski definition) is 1. The van der Waals surface area contributed by atoms with Crippen molar-refractivity contribution < 1.29 is 29.2 Å². The Morgan fingerprint density at radius 3 is 2.35 bits per heavy atom. The molecule has 1 fully saturated rings. The van der Waals surface area contributed by atoms with Crippen LogP contribution >= 0.6 is 0 Å². The summed E-state index contributed by atoms with van der Waals surface area (Å²) in [7, 11) is 0. The van der Waals surface area contributed by atoms with E-state index in [1.165, 1.54) is 30.3 Å². The van der Waals surface area contributed by atoms with Crippen LogP contribution in [0.4, 0.5) is 11.4 Å². The molecule has 0 aromatic heterocycles. The van der Waals surface area contributed by atoms with E-state index in [2.05, 4.69) is 0 Å². The van der Waals surface area contributed by atoms with Gasteiger partial charge in [-0.05, 0) is 68.4 Å². The molecule has 0 bridgehead atoms. The third kappa shape index (κ3) is 3.61. The average Bonchev–Trinajstić information content (AvgIpc) is 3.18. The lowest BCUT2D eigenvalue weighted by Crippen LogP contribution is -2.39. The highest BCUT2D eigenvalue weighted by atomic mass is 16.6. The number of Topliss-reactive ketones (excluding diaryl/α,β-unsaturated/α-hetero) is 1. The largest absolute Gasteiger partial charge is 0.507 e. The summed E-state index contributed by atoms with van der Waals surface area (Å²) in [5.41, 5.74) is 3.76. The third-order valence-electron chi connectivity index (χ3n) is 8.71. The number of carbonyl (C=O) groups is 4. The second-order valence-corrected chi connectivity index (χ2v) is 11.0. The number of anilines is 1. The number of rotatable bonds is 3. The van der Waals surface area contributed by atoms with Crippen LogP contribution < -0.4 is 4.90 Å². The van der Waals surface area contributed by atoms with E-state index in [0.717, 1.165) is 16.0 Å². The highest BCUT2D eigenvalue weighted by molar-refractivity contribution is 6.25. The summed E-state index contributed by atoms with van der Waals surface area (Å²) >= 11 is 0. The molecule has 0 radical (unpaired) electrons. The molecule has 3 aliphatic carbocycles. The van der Waals surface area contributed by atoms with Crippen LogP contribution in [0.15, 0.2) is 70.8 Å². The molecule has 4 atom stereocenters. The van der Waals surface area contributed by atoms with Crippen molar-refractivity contribution in [1.29, 1.82) is 0 Å². The number of allylic oxidation sites excluding steroid dienone is 6. The Balaban J connectivity index is 1.49. The first-order chi connectivity index (χ1) is 19.0. The number of nitrogens with zero attached hydrogens (tertiary/aromatic N) is 2. The molecular weight excluding hydrogens is 512 g/mol. The molecule has 9 heteroatoms. The third-order valence-corrected chi connectivity index (χ3v) is 8.71. The lowest BCUT2D eigenvalue weighted by Gasteiger charge is -2.42. The van der Waals surface area contributed by atoms with Crippen molar-refractivity contribution in [2.45, 2.75) is 39.5 Å². The van der Waals surface area contributed by atoms with E-state index in [-0.39, 0.29) is 41.5 Å². The zero-order chi connectivity index (χ0) is 28.6. The number of aryl methyl sites for hydroxylation is 2. The number of phenolic OH excluding ortho intramolecular Hbond substituents is 1. The minimum atomic E-state index is -0.781. The van der Waals surface area contributed by atoms with E-state index in [4.69, 9.17) is 0 Å². The van der Waals surface area contributed by atoms with Gasteiger partial charge in [0.25, 0.3) is 5.69 Å². The molecular formula is C31H26N2O7. The van der Waals surface area contributed by atoms with Crippen LogP contribution in [0, 0.1) is 41.7 Å². The molecule has 2 aromatic carbocycles. The van der Waals surface area contributed by atoms with Crippen LogP contribution in [0.25, 0.3) is 0 Å². The van der Waals surface area contributed by atoms with Gasteiger partial charge in [-0.25, -0.2) is 4.90 Å². The molecule has 0 saturated carbocycles. The maximum Gasteiger partial charge on any atom is 0.271 e. The first-order valence-electron chi connectivity index (χ1n) is 13.1. The molecule has 1 N–H and O–H groups in total. The van der Waals surface area contributed by atoms with Gasteiger partial charge in [0, 0.05) is 34.8 Å². The molecule has 0 unspecified atom stereocenters. The summed E-state index contributed by atoms with van der Waals surface area (Å²) < 4.78 is 0. The zero-order valence-corrected chi connectivity index (χ0v) is 22.1. The number of nitro benzene ring substituents is 1. The summed E-state index contributed by atoms with van der Waals surface area (Å²) in [5.74, 6) is -3.84. The predicted octanol–water partition coefficient (Wildman–Crippen LogP) is 4.55. The number of hydrogen-bond acceptors (Lipinski definition) is 7. The van der Waals surface area contributed by atoms with E-state index in [1.54, 1.807) is 32.9 Å². The topological polar surface area (TPSA) is 135 Å². The van der Waals surface area contributed by atoms with Gasteiger partial charge in [-0.15, -0.1) is 0 Å². The normalized spacial score (nSPS) is 25.8. The monoisotopic (exact) mass is 538 g/mol. The molecule has 4 aliphatic rings. The SMILES string of the molecule is CC1=CC(=O)C2=C(C[C@@H]3C(=CC[C@@H]4C(=O)N(c5cccc([N+](=O)[O-])c5)C(=O)[C@@H]43)[C@@H]2c2cc(C)c(O)c(C)c2)C1=O. The summed E-state index contributed by atoms with van der Waals surface area (Å²) in [5, 5.41) is 21.8. The first-order valence-corrected chi connectivity index (χ1v) is 13.1. The van der Waals surface area contributed by atoms with E-state index in [1.807, 2.05) is 6.08 Å². The van der Waals surface area contributed by atoms with Crippen molar-refractivity contribution in [1.82, 2.24) is 0 Å². The van der Waals surface area contributed by atoms with Gasteiger partial charge in [-0.1, -0.05) is 29.8 Å². The summed E-state index contributed by atoms with van der Waals surface area (Å²) in [6.45, 7) is 5.12. The Bertz CT molecular complexity index is 1650. The highest BCUT2D eigenvalue weighted by Gasteiger charge is 2.56. The predicted molar refractivity (Wildman–Crippen MR) is 144 cm³/mol. The second-order valence-electron chi connectivity index (χ2n) is 11.0. The van der Waals surface area contributed by atoms with Crippen LogP contribution in [0.1, 0.15) is 42.4 Å². The molecule has 1 heterocycles. The Morgan fingerprint density at radius 1 is 0.975 bits per heavy atom. The first kappa shape index (κ1) is 25.6. The fourth-order valence-electron chi connectivity index (χ4n) is 6.92. The minimum Gasteiger partial charge on any atom is -0.507 e. The van der Waals surface area contributed by atoms with Crippen LogP contribution in [-0.2, 0) is 19.2 Å². The number of amides is 2. The molecule has 0 spiro atoms. The van der Waals surface area contributed by atoms with E-state index >= 15 is 0 Å². The number of carbonyl (C=O) groups excluding carboxylic acids is 4. The lowest BCUT2D eigenvalue weighted by atomic mass is 9.59. The lowest BCUT2D eigenvalue weighted by molar-refractivity contribution is -0.384. The molecule has 6 rings (SSSR count). The van der Waals surface area contributed by atoms with Gasteiger partial charge in [-0.2, -0.15) is 0 Å². The maximum absolute atomic E-state index is 13.9. The second kappa shape index (κ2) is 8.94. The molecule has 202 valence electrons. The molecule has 1 aliphatic heterocycles. The Hall–Kier alpha value is -4.66. The van der Waals surface area contributed by atoms with Crippen molar-refractivity contribution in [3.8, 4) is 5.75 Å². The fourth-order valence-corrected chi connectivity index (χ4v) is 6.92. The van der Waals surface area contributed by atoms with Crippen molar-refractivity contribution in [2.24, 2.45) is 17.8 Å². The summed E-state index contributed by atoms with van der Waals surface area (Å²) in [6, 6.07) is 9.04. The minimum absolute atomic E-state index is 0.139. The number of non-ortho nitro benzene ring substituents is 1. The Kier molecular flexibility index (Phi) is 5.72. The number of imide groups is 1. The van der Waals surface area contributed by atoms with Crippen molar-refractivity contribution >= 4 is 34.8 Å².